The van der Waals surface area contributed by atoms with Crippen molar-refractivity contribution in [1.29, 1.82) is 0 Å². The molecule has 12 heteroatoms. The van der Waals surface area contributed by atoms with E-state index in [0.717, 1.165) is 10.4 Å². The third-order valence-corrected chi connectivity index (χ3v) is 5.89. The lowest BCUT2D eigenvalue weighted by Crippen LogP contribution is -2.34. The first-order valence-corrected chi connectivity index (χ1v) is 9.09. The molecular weight excluding hydrogens is 377 g/mol. The van der Waals surface area contributed by atoms with E-state index in [1.54, 1.807) is 6.92 Å². The quantitative estimate of drug-likeness (QED) is 0.836. The van der Waals surface area contributed by atoms with Crippen molar-refractivity contribution in [1.82, 2.24) is 19.4 Å². The van der Waals surface area contributed by atoms with Gasteiger partial charge in [-0.3, -0.25) is 4.98 Å². The Morgan fingerprint density at radius 2 is 2.12 bits per heavy atom. The smallest absolute Gasteiger partial charge is 0.379 e. The molecule has 0 amide bonds. The topological polar surface area (TPSA) is 109 Å². The lowest BCUT2D eigenvalue weighted by Gasteiger charge is -2.19. The number of hydrogen-bond donors (Lipinski definition) is 1. The van der Waals surface area contributed by atoms with Crippen LogP contribution in [-0.4, -0.2) is 46.0 Å². The Morgan fingerprint density at radius 3 is 2.65 bits per heavy atom. The standard InChI is InChI=1S/C14H15F3N4O4S/c1-2-11-19-12(25-20-11)13(22)5-6-21(8-13)26(23,24)9-3-4-10(18-7-9)14(15,16)17/h3-4,7,22H,2,5-6,8H2,1H3/t13-/m1/s1. The van der Waals surface area contributed by atoms with Crippen molar-refractivity contribution < 1.29 is 31.2 Å². The fraction of sp³-hybridized carbons (Fsp3) is 0.500. The number of β-amino-alcohol motifs (C(OH)–C–C–N with tert-alkyl or cyclic N) is 1. The summed E-state index contributed by atoms with van der Waals surface area (Å²) >= 11 is 0. The van der Waals surface area contributed by atoms with Crippen molar-refractivity contribution in [3.8, 4) is 0 Å². The summed E-state index contributed by atoms with van der Waals surface area (Å²) in [7, 11) is -4.13. The molecule has 1 saturated heterocycles. The zero-order valence-corrected chi connectivity index (χ0v) is 14.4. The summed E-state index contributed by atoms with van der Waals surface area (Å²) in [5.41, 5.74) is -2.83. The fourth-order valence-corrected chi connectivity index (χ4v) is 4.01. The van der Waals surface area contributed by atoms with Gasteiger partial charge in [0.05, 0.1) is 6.54 Å². The summed E-state index contributed by atoms with van der Waals surface area (Å²) in [5, 5.41) is 14.3. The maximum atomic E-state index is 12.6. The fourth-order valence-electron chi connectivity index (χ4n) is 2.58. The van der Waals surface area contributed by atoms with Crippen molar-refractivity contribution in [3.63, 3.8) is 0 Å². The number of aromatic nitrogens is 3. The van der Waals surface area contributed by atoms with Crippen molar-refractivity contribution in [2.24, 2.45) is 0 Å². The van der Waals surface area contributed by atoms with Gasteiger partial charge in [0.15, 0.2) is 11.4 Å². The van der Waals surface area contributed by atoms with Gasteiger partial charge in [-0.1, -0.05) is 12.1 Å². The molecule has 26 heavy (non-hydrogen) atoms. The first kappa shape index (κ1) is 18.7. The Kier molecular flexibility index (Phi) is 4.53. The third-order valence-electron chi connectivity index (χ3n) is 4.06. The van der Waals surface area contributed by atoms with E-state index in [-0.39, 0.29) is 25.4 Å². The molecular formula is C14H15F3N4O4S. The Bertz CT molecular complexity index is 898. The largest absolute Gasteiger partial charge is 0.433 e. The molecule has 8 nitrogen and oxygen atoms in total. The lowest BCUT2D eigenvalue weighted by molar-refractivity contribution is -0.141. The highest BCUT2D eigenvalue weighted by Gasteiger charge is 2.47. The van der Waals surface area contributed by atoms with E-state index < -0.39 is 32.4 Å². The lowest BCUT2D eigenvalue weighted by atomic mass is 10.0. The second-order valence-electron chi connectivity index (χ2n) is 5.87. The summed E-state index contributed by atoms with van der Waals surface area (Å²) in [6.07, 6.45) is -3.51. The van der Waals surface area contributed by atoms with Gasteiger partial charge in [-0.2, -0.15) is 22.5 Å². The van der Waals surface area contributed by atoms with E-state index >= 15 is 0 Å². The summed E-state index contributed by atoms with van der Waals surface area (Å²) in [5.74, 6) is 0.291. The normalized spacial score (nSPS) is 22.0. The molecule has 0 unspecified atom stereocenters. The highest BCUT2D eigenvalue weighted by Crippen LogP contribution is 2.34. The minimum absolute atomic E-state index is 0.0195. The highest BCUT2D eigenvalue weighted by molar-refractivity contribution is 7.89. The maximum Gasteiger partial charge on any atom is 0.433 e. The minimum Gasteiger partial charge on any atom is -0.379 e. The van der Waals surface area contributed by atoms with Crippen molar-refractivity contribution in [3.05, 3.63) is 35.7 Å². The van der Waals surface area contributed by atoms with Crippen molar-refractivity contribution in [2.45, 2.75) is 36.4 Å². The molecule has 1 aliphatic rings. The van der Waals surface area contributed by atoms with Gasteiger partial charge < -0.3 is 9.63 Å². The molecule has 1 N–H and O–H groups in total. The summed E-state index contributed by atoms with van der Waals surface area (Å²) in [4.78, 5) is 6.79. The van der Waals surface area contributed by atoms with Gasteiger partial charge in [0.1, 0.15) is 10.6 Å². The number of sulfonamides is 1. The van der Waals surface area contributed by atoms with Crippen molar-refractivity contribution >= 4 is 10.0 Å². The van der Waals surface area contributed by atoms with Crippen LogP contribution in [0.25, 0.3) is 0 Å². The van der Waals surface area contributed by atoms with Gasteiger partial charge >= 0.3 is 6.18 Å². The molecule has 0 radical (unpaired) electrons. The van der Waals surface area contributed by atoms with Gasteiger partial charge in [0, 0.05) is 25.6 Å². The Hall–Kier alpha value is -2.05. The van der Waals surface area contributed by atoms with Gasteiger partial charge in [-0.05, 0) is 12.1 Å². The predicted octanol–water partition coefficient (Wildman–Crippen LogP) is 1.33. The Morgan fingerprint density at radius 1 is 1.38 bits per heavy atom. The molecule has 0 saturated carbocycles. The first-order chi connectivity index (χ1) is 12.1. The molecule has 0 spiro atoms. The highest BCUT2D eigenvalue weighted by atomic mass is 32.2. The number of hydrogen-bond acceptors (Lipinski definition) is 7. The van der Waals surface area contributed by atoms with E-state index in [4.69, 9.17) is 4.52 Å². The van der Waals surface area contributed by atoms with Gasteiger partial charge in [-0.15, -0.1) is 0 Å². The van der Waals surface area contributed by atoms with E-state index in [9.17, 15) is 26.7 Å². The van der Waals surface area contributed by atoms with Crippen LogP contribution in [0, 0.1) is 0 Å². The van der Waals surface area contributed by atoms with Crippen LogP contribution in [0.1, 0.15) is 30.8 Å². The molecule has 3 rings (SSSR count). The van der Waals surface area contributed by atoms with Gasteiger partial charge in [0.2, 0.25) is 10.0 Å². The molecule has 0 aliphatic carbocycles. The second kappa shape index (κ2) is 6.28. The van der Waals surface area contributed by atoms with E-state index in [0.29, 0.717) is 24.5 Å². The van der Waals surface area contributed by atoms with Crippen molar-refractivity contribution in [2.75, 3.05) is 13.1 Å². The number of alkyl halides is 3. The average molecular weight is 392 g/mol. The average Bonchev–Trinajstić information content (AvgIpc) is 3.22. The molecule has 1 fully saturated rings. The summed E-state index contributed by atoms with van der Waals surface area (Å²) < 4.78 is 68.8. The number of halogens is 3. The van der Waals surface area contributed by atoms with Crippen LogP contribution in [0.4, 0.5) is 13.2 Å². The number of nitrogens with zero attached hydrogens (tertiary/aromatic N) is 4. The molecule has 2 aromatic heterocycles. The van der Waals surface area contributed by atoms with E-state index in [2.05, 4.69) is 15.1 Å². The van der Waals surface area contributed by atoms with Gasteiger partial charge in [0.25, 0.3) is 5.89 Å². The predicted molar refractivity (Wildman–Crippen MR) is 80.2 cm³/mol. The van der Waals surface area contributed by atoms with Gasteiger partial charge in [-0.25, -0.2) is 8.42 Å². The Balaban J connectivity index is 1.82. The van der Waals surface area contributed by atoms with Crippen LogP contribution < -0.4 is 0 Å². The SMILES string of the molecule is CCc1noc([C@@]2(O)CCN(S(=O)(=O)c3ccc(C(F)(F)F)nc3)C2)n1. The minimum atomic E-state index is -4.66. The number of aliphatic hydroxyl groups is 1. The number of rotatable bonds is 4. The first-order valence-electron chi connectivity index (χ1n) is 7.65. The number of aryl methyl sites for hydroxylation is 1. The molecule has 1 atom stereocenters. The molecule has 0 bridgehead atoms. The van der Waals surface area contributed by atoms with Crippen LogP contribution in [0.15, 0.2) is 27.7 Å². The third kappa shape index (κ3) is 3.31. The zero-order chi connectivity index (χ0) is 19.2. The molecule has 1 aliphatic heterocycles. The molecule has 3 heterocycles. The summed E-state index contributed by atoms with van der Waals surface area (Å²) in [6.45, 7) is 1.40. The Labute approximate surface area is 146 Å². The van der Waals surface area contributed by atoms with Crippen LogP contribution in [0.2, 0.25) is 0 Å². The monoisotopic (exact) mass is 392 g/mol. The molecule has 2 aromatic rings. The van der Waals surface area contributed by atoms with E-state index in [1.807, 2.05) is 0 Å². The van der Waals surface area contributed by atoms with E-state index in [1.165, 1.54) is 0 Å². The summed E-state index contributed by atoms with van der Waals surface area (Å²) in [6, 6.07) is 1.44. The number of pyridine rings is 1. The zero-order valence-electron chi connectivity index (χ0n) is 13.6. The molecule has 142 valence electrons. The van der Waals surface area contributed by atoms with Crippen LogP contribution in [0.3, 0.4) is 0 Å². The van der Waals surface area contributed by atoms with Crippen LogP contribution in [0.5, 0.6) is 0 Å². The second-order valence-corrected chi connectivity index (χ2v) is 7.80. The van der Waals surface area contributed by atoms with Crippen LogP contribution >= 0.6 is 0 Å². The van der Waals surface area contributed by atoms with Crippen LogP contribution in [-0.2, 0) is 28.2 Å². The molecule has 0 aromatic carbocycles. The maximum absolute atomic E-state index is 12.6.